The lowest BCUT2D eigenvalue weighted by molar-refractivity contribution is -0.137. The van der Waals surface area contributed by atoms with Crippen LogP contribution in [0.1, 0.15) is 28.9 Å². The van der Waals surface area contributed by atoms with Gasteiger partial charge in [-0.1, -0.05) is 12.1 Å². The number of aromatic nitrogens is 3. The normalized spacial score (nSPS) is 15.0. The molecule has 4 aromatic rings. The first kappa shape index (κ1) is 24.1. The van der Waals surface area contributed by atoms with Crippen LogP contribution in [0.25, 0.3) is 16.6 Å². The van der Waals surface area contributed by atoms with Crippen molar-refractivity contribution in [2.75, 3.05) is 44.2 Å². The van der Waals surface area contributed by atoms with Crippen LogP contribution in [0.5, 0.6) is 0 Å². The van der Waals surface area contributed by atoms with Gasteiger partial charge in [0.25, 0.3) is 5.91 Å². The molecule has 1 amide bonds. The van der Waals surface area contributed by atoms with Crippen LogP contribution in [0.3, 0.4) is 0 Å². The summed E-state index contributed by atoms with van der Waals surface area (Å²) >= 11 is 0. The number of nitrogens with one attached hydrogen (secondary N) is 1. The number of hydrogen-bond donors (Lipinski definition) is 1. The maximum atomic E-state index is 13.1. The lowest BCUT2D eigenvalue weighted by Crippen LogP contribution is -2.46. The number of pyridine rings is 2. The lowest BCUT2D eigenvalue weighted by atomic mass is 10.1. The first-order chi connectivity index (χ1) is 17.4. The van der Waals surface area contributed by atoms with Crippen molar-refractivity contribution in [1.29, 1.82) is 0 Å². The van der Waals surface area contributed by atoms with Crippen molar-refractivity contribution in [3.05, 3.63) is 72.3 Å². The summed E-state index contributed by atoms with van der Waals surface area (Å²) in [6.07, 6.45) is 2.61. The third-order valence-corrected chi connectivity index (χ3v) is 6.54. The number of anilines is 1. The van der Waals surface area contributed by atoms with Crippen LogP contribution in [0, 0.1) is 0 Å². The van der Waals surface area contributed by atoms with Crippen molar-refractivity contribution in [3.8, 4) is 0 Å². The molecule has 3 aromatic heterocycles. The topological polar surface area (TPSA) is 65.8 Å². The molecule has 1 aromatic carbocycles. The van der Waals surface area contributed by atoms with Gasteiger partial charge in [-0.3, -0.25) is 14.7 Å². The highest BCUT2D eigenvalue weighted by Gasteiger charge is 2.31. The van der Waals surface area contributed by atoms with Gasteiger partial charge in [-0.05, 0) is 49.7 Å². The maximum Gasteiger partial charge on any atom is 0.416 e. The molecule has 0 unspecified atom stereocenters. The van der Waals surface area contributed by atoms with E-state index in [0.717, 1.165) is 74.4 Å². The molecule has 5 rings (SSSR count). The highest BCUT2D eigenvalue weighted by atomic mass is 19.4. The van der Waals surface area contributed by atoms with Crippen molar-refractivity contribution in [2.24, 2.45) is 0 Å². The minimum absolute atomic E-state index is 0.167. The average molecular weight is 497 g/mol. The number of piperazine rings is 1. The van der Waals surface area contributed by atoms with E-state index >= 15 is 0 Å². The van der Waals surface area contributed by atoms with E-state index in [1.807, 2.05) is 34.9 Å². The molecule has 1 N–H and O–H groups in total. The van der Waals surface area contributed by atoms with E-state index in [9.17, 15) is 18.0 Å². The Morgan fingerprint density at radius 3 is 2.64 bits per heavy atom. The van der Waals surface area contributed by atoms with Crippen LogP contribution in [0.4, 0.5) is 18.9 Å². The Kier molecular flexibility index (Phi) is 6.77. The summed E-state index contributed by atoms with van der Waals surface area (Å²) in [7, 11) is 0. The van der Waals surface area contributed by atoms with E-state index in [1.165, 1.54) is 6.07 Å². The summed E-state index contributed by atoms with van der Waals surface area (Å²) in [6, 6.07) is 11.3. The van der Waals surface area contributed by atoms with Crippen molar-refractivity contribution in [2.45, 2.75) is 19.0 Å². The SMILES string of the molecule is O=C(NCCCCN1CCN(c2ccnc3cc(C(F)(F)F)ccc23)CC1)c1cn2ccccc2n1. The fraction of sp³-hybridized carbons (Fsp3) is 0.346. The molecule has 1 saturated heterocycles. The van der Waals surface area contributed by atoms with Crippen LogP contribution in [0.15, 0.2) is 61.1 Å². The number of imidazole rings is 1. The standard InChI is InChI=1S/C26H27F3N6O/c27-26(28,29)19-6-7-20-21(17-19)30-10-8-23(20)34-15-13-33(14-16-34)11-4-2-9-31-25(36)22-18-35-12-3-1-5-24(35)32-22/h1,3,5-8,10,12,17-18H,2,4,9,11,13-16H2,(H,31,36). The van der Waals surface area contributed by atoms with Crippen LogP contribution in [-0.2, 0) is 6.18 Å². The van der Waals surface area contributed by atoms with Gasteiger partial charge in [0, 0.05) is 62.4 Å². The molecule has 0 bridgehead atoms. The zero-order chi connectivity index (χ0) is 25.1. The molecule has 188 valence electrons. The summed E-state index contributed by atoms with van der Waals surface area (Å²) < 4.78 is 41.0. The Bertz CT molecular complexity index is 1330. The van der Waals surface area contributed by atoms with Gasteiger partial charge in [0.15, 0.2) is 0 Å². The van der Waals surface area contributed by atoms with Gasteiger partial charge in [0.2, 0.25) is 0 Å². The van der Waals surface area contributed by atoms with Crippen LogP contribution in [-0.4, -0.2) is 64.4 Å². The quantitative estimate of drug-likeness (QED) is 0.388. The summed E-state index contributed by atoms with van der Waals surface area (Å²) in [5.74, 6) is -0.167. The molecule has 0 aliphatic carbocycles. The number of carbonyl (C=O) groups excluding carboxylic acids is 1. The Morgan fingerprint density at radius 1 is 1.03 bits per heavy atom. The van der Waals surface area contributed by atoms with Gasteiger partial charge < -0.3 is 14.6 Å². The van der Waals surface area contributed by atoms with Crippen molar-refractivity contribution < 1.29 is 18.0 Å². The van der Waals surface area contributed by atoms with Crippen LogP contribution >= 0.6 is 0 Å². The van der Waals surface area contributed by atoms with Crippen molar-refractivity contribution in [1.82, 2.24) is 24.6 Å². The Hall–Kier alpha value is -3.66. The number of hydrogen-bond acceptors (Lipinski definition) is 5. The van der Waals surface area contributed by atoms with Gasteiger partial charge in [-0.25, -0.2) is 4.98 Å². The molecule has 1 fully saturated rings. The number of benzene rings is 1. The predicted molar refractivity (Wildman–Crippen MR) is 132 cm³/mol. The number of unbranched alkanes of at least 4 members (excludes halogenated alkanes) is 1. The molecule has 36 heavy (non-hydrogen) atoms. The fourth-order valence-corrected chi connectivity index (χ4v) is 4.59. The number of rotatable bonds is 7. The summed E-state index contributed by atoms with van der Waals surface area (Å²) in [6.45, 7) is 4.87. The number of fused-ring (bicyclic) bond motifs is 2. The minimum Gasteiger partial charge on any atom is -0.368 e. The van der Waals surface area contributed by atoms with E-state index in [-0.39, 0.29) is 5.91 Å². The second-order valence-electron chi connectivity index (χ2n) is 8.94. The zero-order valence-corrected chi connectivity index (χ0v) is 19.7. The second kappa shape index (κ2) is 10.1. The number of alkyl halides is 3. The molecule has 10 heteroatoms. The number of carbonyl (C=O) groups is 1. The van der Waals surface area contributed by atoms with E-state index in [2.05, 4.69) is 25.1 Å². The number of amides is 1. The number of halogens is 3. The summed E-state index contributed by atoms with van der Waals surface area (Å²) in [5.41, 5.74) is 1.75. The first-order valence-electron chi connectivity index (χ1n) is 12.0. The Labute approximate surface area is 206 Å². The van der Waals surface area contributed by atoms with Gasteiger partial charge in [0.1, 0.15) is 11.3 Å². The van der Waals surface area contributed by atoms with Crippen LogP contribution in [0.2, 0.25) is 0 Å². The molecule has 0 saturated carbocycles. The third kappa shape index (κ3) is 5.28. The highest BCUT2D eigenvalue weighted by molar-refractivity contribution is 5.93. The third-order valence-electron chi connectivity index (χ3n) is 6.54. The van der Waals surface area contributed by atoms with E-state index in [4.69, 9.17) is 0 Å². The summed E-state index contributed by atoms with van der Waals surface area (Å²) in [4.78, 5) is 25.4. The highest BCUT2D eigenvalue weighted by Crippen LogP contribution is 2.33. The lowest BCUT2D eigenvalue weighted by Gasteiger charge is -2.36. The molecule has 0 radical (unpaired) electrons. The molecule has 7 nitrogen and oxygen atoms in total. The zero-order valence-electron chi connectivity index (χ0n) is 19.7. The van der Waals surface area contributed by atoms with Crippen molar-refractivity contribution >= 4 is 28.1 Å². The van der Waals surface area contributed by atoms with E-state index in [0.29, 0.717) is 17.8 Å². The average Bonchev–Trinajstić information content (AvgIpc) is 3.32. The minimum atomic E-state index is -4.38. The number of nitrogens with zero attached hydrogens (tertiary/aromatic N) is 5. The molecule has 0 spiro atoms. The smallest absolute Gasteiger partial charge is 0.368 e. The summed E-state index contributed by atoms with van der Waals surface area (Å²) in [5, 5.41) is 3.67. The first-order valence-corrected chi connectivity index (χ1v) is 12.0. The Morgan fingerprint density at radius 2 is 1.86 bits per heavy atom. The van der Waals surface area contributed by atoms with E-state index < -0.39 is 11.7 Å². The predicted octanol–water partition coefficient (Wildman–Crippen LogP) is 4.23. The molecular weight excluding hydrogens is 469 g/mol. The van der Waals surface area contributed by atoms with E-state index in [1.54, 1.807) is 12.4 Å². The Balaban J connectivity index is 1.07. The monoisotopic (exact) mass is 496 g/mol. The molecule has 1 aliphatic rings. The van der Waals surface area contributed by atoms with Crippen molar-refractivity contribution in [3.63, 3.8) is 0 Å². The second-order valence-corrected chi connectivity index (χ2v) is 8.94. The van der Waals surface area contributed by atoms with Gasteiger partial charge in [0.05, 0.1) is 11.1 Å². The molecule has 4 heterocycles. The largest absolute Gasteiger partial charge is 0.416 e. The molecule has 0 atom stereocenters. The molecular formula is C26H27F3N6O. The maximum absolute atomic E-state index is 13.1. The molecule has 1 aliphatic heterocycles. The van der Waals surface area contributed by atoms with Crippen LogP contribution < -0.4 is 10.2 Å². The fourth-order valence-electron chi connectivity index (χ4n) is 4.59. The van der Waals surface area contributed by atoms with Gasteiger partial charge in [-0.2, -0.15) is 13.2 Å². The van der Waals surface area contributed by atoms with Gasteiger partial charge >= 0.3 is 6.18 Å². The van der Waals surface area contributed by atoms with Gasteiger partial charge in [-0.15, -0.1) is 0 Å².